The summed E-state index contributed by atoms with van der Waals surface area (Å²) in [4.78, 5) is 23.1. The Morgan fingerprint density at radius 2 is 2.03 bits per heavy atom. The van der Waals surface area contributed by atoms with Crippen LogP contribution in [0.1, 0.15) is 54.0 Å². The van der Waals surface area contributed by atoms with Crippen molar-refractivity contribution >= 4 is 22.5 Å². The summed E-state index contributed by atoms with van der Waals surface area (Å²) >= 11 is 0. The molecule has 0 radical (unpaired) electrons. The molecular weight excluding hydrogens is 427 g/mol. The lowest BCUT2D eigenvalue weighted by Gasteiger charge is -2.29. The van der Waals surface area contributed by atoms with Crippen LogP contribution in [-0.2, 0) is 28.8 Å². The van der Waals surface area contributed by atoms with E-state index in [1.165, 1.54) is 4.90 Å². The van der Waals surface area contributed by atoms with E-state index in [-0.39, 0.29) is 29.6 Å². The van der Waals surface area contributed by atoms with Crippen molar-refractivity contribution in [3.05, 3.63) is 59.1 Å². The van der Waals surface area contributed by atoms with Crippen LogP contribution in [0, 0.1) is 0 Å². The molecule has 1 aliphatic carbocycles. The Labute approximate surface area is 180 Å². The fourth-order valence-electron chi connectivity index (χ4n) is 3.95. The van der Waals surface area contributed by atoms with E-state index in [1.807, 2.05) is 19.1 Å². The molecule has 2 aliphatic rings. The van der Waals surface area contributed by atoms with Gasteiger partial charge in [0, 0.05) is 30.3 Å². The molecular formula is C22H22F3N3O2S. The van der Waals surface area contributed by atoms with E-state index in [1.54, 1.807) is 13.1 Å². The minimum Gasteiger partial charge on any atom is -0.291 e. The molecule has 0 N–H and O–H groups in total. The SMILES string of the molecule is CC=CC1(c2cnc(N3CCc4nc(C(F)(F)F)ccc4C3=O)c(S(=O)CC)c2)CC1. The van der Waals surface area contributed by atoms with Crippen molar-refractivity contribution in [3.63, 3.8) is 0 Å². The van der Waals surface area contributed by atoms with Crippen molar-refractivity contribution in [1.29, 1.82) is 0 Å². The van der Waals surface area contributed by atoms with Gasteiger partial charge in [0.05, 0.1) is 27.0 Å². The van der Waals surface area contributed by atoms with Gasteiger partial charge in [0.25, 0.3) is 5.91 Å². The summed E-state index contributed by atoms with van der Waals surface area (Å²) in [7, 11) is -1.36. The number of carbonyl (C=O) groups excluding carboxylic acids is 1. The fraction of sp³-hybridized carbons (Fsp3) is 0.409. The van der Waals surface area contributed by atoms with Crippen molar-refractivity contribution in [2.75, 3.05) is 17.2 Å². The number of halogens is 3. The van der Waals surface area contributed by atoms with Crippen molar-refractivity contribution in [2.45, 2.75) is 49.6 Å². The standard InChI is InChI=1S/C22H22F3N3O2S/c1-3-8-21(9-10-21)14-12-17(31(30)4-2)19(26-13-14)28-11-7-16-15(20(28)29)5-6-18(27-16)22(23,24)25/h3,5-6,8,12-13H,4,7,9-11H2,1-2H3. The maximum absolute atomic E-state index is 13.1. The third-order valence-corrected chi connectivity index (χ3v) is 7.07. The molecule has 1 amide bonds. The fourth-order valence-corrected chi connectivity index (χ4v) is 4.89. The van der Waals surface area contributed by atoms with Gasteiger partial charge in [-0.3, -0.25) is 13.9 Å². The number of alkyl halides is 3. The van der Waals surface area contributed by atoms with Gasteiger partial charge >= 0.3 is 6.18 Å². The molecule has 1 aliphatic heterocycles. The summed E-state index contributed by atoms with van der Waals surface area (Å²) in [5.74, 6) is 0.187. The summed E-state index contributed by atoms with van der Waals surface area (Å²) in [6.07, 6.45) is 3.39. The molecule has 1 fully saturated rings. The first-order valence-corrected chi connectivity index (χ1v) is 11.4. The summed E-state index contributed by atoms with van der Waals surface area (Å²) in [6, 6.07) is 3.84. The molecule has 0 bridgehead atoms. The van der Waals surface area contributed by atoms with Gasteiger partial charge in [0.1, 0.15) is 5.69 Å². The first-order chi connectivity index (χ1) is 14.7. The number of fused-ring (bicyclic) bond motifs is 1. The molecule has 0 saturated heterocycles. The lowest BCUT2D eigenvalue weighted by molar-refractivity contribution is -0.141. The van der Waals surface area contributed by atoms with Crippen LogP contribution >= 0.6 is 0 Å². The molecule has 0 aromatic carbocycles. The second kappa shape index (κ2) is 7.85. The Balaban J connectivity index is 1.73. The Morgan fingerprint density at radius 3 is 2.65 bits per heavy atom. The number of amides is 1. The van der Waals surface area contributed by atoms with Gasteiger partial charge in [0.15, 0.2) is 5.82 Å². The smallest absolute Gasteiger partial charge is 0.291 e. The molecule has 164 valence electrons. The number of anilines is 1. The van der Waals surface area contributed by atoms with Gasteiger partial charge in [-0.15, -0.1) is 0 Å². The quantitative estimate of drug-likeness (QED) is 0.634. The van der Waals surface area contributed by atoms with Crippen LogP contribution in [0.25, 0.3) is 0 Å². The predicted molar refractivity (Wildman–Crippen MR) is 112 cm³/mol. The zero-order chi connectivity index (χ0) is 22.4. The van der Waals surface area contributed by atoms with Crippen LogP contribution in [0.2, 0.25) is 0 Å². The monoisotopic (exact) mass is 449 g/mol. The van der Waals surface area contributed by atoms with Crippen LogP contribution in [0.5, 0.6) is 0 Å². The number of nitrogens with zero attached hydrogens (tertiary/aromatic N) is 3. The predicted octanol–water partition coefficient (Wildman–Crippen LogP) is 4.43. The van der Waals surface area contributed by atoms with Gasteiger partial charge in [0.2, 0.25) is 0 Å². The lowest BCUT2D eigenvalue weighted by atomic mass is 9.97. The average Bonchev–Trinajstić information content (AvgIpc) is 3.53. The number of allylic oxidation sites excluding steroid dienone is 2. The minimum atomic E-state index is -4.57. The van der Waals surface area contributed by atoms with E-state index < -0.39 is 28.6 Å². The molecule has 1 unspecified atom stereocenters. The molecule has 1 saturated carbocycles. The normalized spacial score (nSPS) is 18.9. The highest BCUT2D eigenvalue weighted by molar-refractivity contribution is 7.85. The van der Waals surface area contributed by atoms with Crippen LogP contribution < -0.4 is 4.90 Å². The maximum atomic E-state index is 13.1. The summed E-state index contributed by atoms with van der Waals surface area (Å²) in [5.41, 5.74) is 0.0967. The number of hydrogen-bond donors (Lipinski definition) is 0. The zero-order valence-corrected chi connectivity index (χ0v) is 18.0. The highest BCUT2D eigenvalue weighted by atomic mass is 32.2. The first-order valence-electron chi connectivity index (χ1n) is 10.1. The molecule has 1 atom stereocenters. The Morgan fingerprint density at radius 1 is 1.29 bits per heavy atom. The highest BCUT2D eigenvalue weighted by Crippen LogP contribution is 2.50. The van der Waals surface area contributed by atoms with E-state index >= 15 is 0 Å². The summed E-state index contributed by atoms with van der Waals surface area (Å²) in [5, 5.41) is 0. The largest absolute Gasteiger partial charge is 0.433 e. The van der Waals surface area contributed by atoms with Crippen molar-refractivity contribution in [3.8, 4) is 0 Å². The van der Waals surface area contributed by atoms with Gasteiger partial charge in [-0.2, -0.15) is 13.2 Å². The van der Waals surface area contributed by atoms with E-state index in [0.29, 0.717) is 16.5 Å². The van der Waals surface area contributed by atoms with Gasteiger partial charge in [-0.05, 0) is 43.5 Å². The molecule has 0 spiro atoms. The number of carbonyl (C=O) groups is 1. The Kier molecular flexibility index (Phi) is 5.49. The summed E-state index contributed by atoms with van der Waals surface area (Å²) in [6.45, 7) is 3.87. The van der Waals surface area contributed by atoms with Crippen LogP contribution in [0.4, 0.5) is 19.0 Å². The number of aromatic nitrogens is 2. The van der Waals surface area contributed by atoms with Crippen LogP contribution in [0.3, 0.4) is 0 Å². The van der Waals surface area contributed by atoms with Gasteiger partial charge < -0.3 is 0 Å². The Bertz CT molecular complexity index is 1090. The van der Waals surface area contributed by atoms with Crippen molar-refractivity contribution < 1.29 is 22.2 Å². The zero-order valence-electron chi connectivity index (χ0n) is 17.2. The molecule has 2 aromatic heterocycles. The van der Waals surface area contributed by atoms with Crippen LogP contribution in [0.15, 0.2) is 41.4 Å². The van der Waals surface area contributed by atoms with E-state index in [0.717, 1.165) is 30.5 Å². The molecule has 5 nitrogen and oxygen atoms in total. The first kappa shape index (κ1) is 21.7. The number of rotatable bonds is 5. The van der Waals surface area contributed by atoms with Crippen molar-refractivity contribution in [2.24, 2.45) is 0 Å². The topological polar surface area (TPSA) is 63.2 Å². The second-order valence-electron chi connectivity index (χ2n) is 7.73. The molecule has 3 heterocycles. The number of hydrogen-bond acceptors (Lipinski definition) is 4. The third kappa shape index (κ3) is 3.91. The molecule has 31 heavy (non-hydrogen) atoms. The second-order valence-corrected chi connectivity index (χ2v) is 9.44. The maximum Gasteiger partial charge on any atom is 0.433 e. The van der Waals surface area contributed by atoms with E-state index in [9.17, 15) is 22.2 Å². The molecule has 4 rings (SSSR count). The van der Waals surface area contributed by atoms with E-state index in [4.69, 9.17) is 0 Å². The average molecular weight is 449 g/mol. The molecule has 2 aromatic rings. The minimum absolute atomic E-state index is 0.0939. The highest BCUT2D eigenvalue weighted by Gasteiger charge is 2.43. The van der Waals surface area contributed by atoms with Crippen molar-refractivity contribution in [1.82, 2.24) is 9.97 Å². The van der Waals surface area contributed by atoms with Crippen LogP contribution in [-0.4, -0.2) is 32.4 Å². The van der Waals surface area contributed by atoms with Gasteiger partial charge in [-0.25, -0.2) is 9.97 Å². The number of pyridine rings is 2. The molecule has 9 heteroatoms. The summed E-state index contributed by atoms with van der Waals surface area (Å²) < 4.78 is 51.7. The van der Waals surface area contributed by atoms with E-state index in [2.05, 4.69) is 16.0 Å². The lowest BCUT2D eigenvalue weighted by Crippen LogP contribution is -2.39. The Hall–Kier alpha value is -2.55. The van der Waals surface area contributed by atoms with Gasteiger partial charge in [-0.1, -0.05) is 19.1 Å². The third-order valence-electron chi connectivity index (χ3n) is 5.76.